The molecule has 0 fully saturated rings. The van der Waals surface area contributed by atoms with Gasteiger partial charge in [0.25, 0.3) is 0 Å². The molecule has 0 aliphatic heterocycles. The van der Waals surface area contributed by atoms with Gasteiger partial charge in [-0.05, 0) is 18.2 Å². The Hall–Kier alpha value is -1.84. The van der Waals surface area contributed by atoms with E-state index in [1.807, 2.05) is 0 Å². The van der Waals surface area contributed by atoms with E-state index in [1.165, 1.54) is 0 Å². The number of hydrogen-bond acceptors (Lipinski definition) is 4. The van der Waals surface area contributed by atoms with Gasteiger partial charge in [0.05, 0.1) is 5.39 Å². The first-order valence-corrected chi connectivity index (χ1v) is 3.41. The van der Waals surface area contributed by atoms with Gasteiger partial charge >= 0.3 is 0 Å². The minimum Gasteiger partial charge on any atom is -0.380 e. The summed E-state index contributed by atoms with van der Waals surface area (Å²) in [6.45, 7) is 0. The third-order valence-electron chi connectivity index (χ3n) is 1.66. The molecule has 0 spiro atoms. The molecule has 1 heterocycles. The number of nitrogens with zero attached hydrogens (tertiary/aromatic N) is 1. The van der Waals surface area contributed by atoms with Crippen molar-refractivity contribution in [2.45, 2.75) is 0 Å². The van der Waals surface area contributed by atoms with E-state index >= 15 is 0 Å². The first-order chi connectivity index (χ1) is 5.81. The standard InChI is InChI=1S/C8H6N2O2/c9-8-6-3-5(4-11)1-2-7(6)12-10-8/h1-4H,(H2,9,10). The van der Waals surface area contributed by atoms with Gasteiger partial charge in [0, 0.05) is 5.56 Å². The molecule has 0 radical (unpaired) electrons. The third kappa shape index (κ3) is 0.852. The van der Waals surface area contributed by atoms with Crippen LogP contribution in [-0.4, -0.2) is 11.4 Å². The van der Waals surface area contributed by atoms with Crippen LogP contribution in [0.3, 0.4) is 0 Å². The lowest BCUT2D eigenvalue weighted by Gasteiger charge is -1.88. The van der Waals surface area contributed by atoms with Crippen molar-refractivity contribution >= 4 is 23.1 Å². The number of carbonyl (C=O) groups is 1. The van der Waals surface area contributed by atoms with E-state index < -0.39 is 0 Å². The molecule has 2 N–H and O–H groups in total. The monoisotopic (exact) mass is 162 g/mol. The van der Waals surface area contributed by atoms with Gasteiger partial charge in [0.15, 0.2) is 11.4 Å². The molecule has 0 aliphatic rings. The summed E-state index contributed by atoms with van der Waals surface area (Å²) >= 11 is 0. The summed E-state index contributed by atoms with van der Waals surface area (Å²) < 4.78 is 4.86. The number of hydrogen-bond donors (Lipinski definition) is 1. The molecule has 4 nitrogen and oxygen atoms in total. The molecule has 0 unspecified atom stereocenters. The molecule has 60 valence electrons. The zero-order valence-electron chi connectivity index (χ0n) is 6.15. The Morgan fingerprint density at radius 2 is 2.33 bits per heavy atom. The quantitative estimate of drug-likeness (QED) is 0.640. The summed E-state index contributed by atoms with van der Waals surface area (Å²) in [5.74, 6) is 0.314. The van der Waals surface area contributed by atoms with Crippen molar-refractivity contribution in [3.63, 3.8) is 0 Å². The smallest absolute Gasteiger partial charge is 0.174 e. The van der Waals surface area contributed by atoms with Gasteiger partial charge in [0.2, 0.25) is 0 Å². The Bertz CT molecular complexity index is 434. The highest BCUT2D eigenvalue weighted by atomic mass is 16.5. The highest BCUT2D eigenvalue weighted by molar-refractivity contribution is 5.91. The van der Waals surface area contributed by atoms with Gasteiger partial charge < -0.3 is 10.3 Å². The molecule has 0 aliphatic carbocycles. The second kappa shape index (κ2) is 2.34. The largest absolute Gasteiger partial charge is 0.380 e. The number of carbonyl (C=O) groups excluding carboxylic acids is 1. The second-order valence-electron chi connectivity index (χ2n) is 2.44. The lowest BCUT2D eigenvalue weighted by molar-refractivity contribution is 0.112. The summed E-state index contributed by atoms with van der Waals surface area (Å²) in [6, 6.07) is 4.97. The maximum absolute atomic E-state index is 10.4. The van der Waals surface area contributed by atoms with Crippen LogP contribution < -0.4 is 5.73 Å². The molecule has 0 amide bonds. The molecule has 1 aromatic carbocycles. The van der Waals surface area contributed by atoms with Crippen molar-refractivity contribution < 1.29 is 9.32 Å². The second-order valence-corrected chi connectivity index (χ2v) is 2.44. The van der Waals surface area contributed by atoms with E-state index in [2.05, 4.69) is 5.16 Å². The predicted octanol–water partition coefficient (Wildman–Crippen LogP) is 1.22. The van der Waals surface area contributed by atoms with Crippen LogP contribution in [0.4, 0.5) is 5.82 Å². The van der Waals surface area contributed by atoms with E-state index in [0.29, 0.717) is 22.4 Å². The Kier molecular flexibility index (Phi) is 1.33. The van der Waals surface area contributed by atoms with Crippen LogP contribution >= 0.6 is 0 Å². The molecular weight excluding hydrogens is 156 g/mol. The van der Waals surface area contributed by atoms with Crippen molar-refractivity contribution in [1.29, 1.82) is 0 Å². The normalized spacial score (nSPS) is 10.3. The average molecular weight is 162 g/mol. The summed E-state index contributed by atoms with van der Waals surface area (Å²) in [4.78, 5) is 10.4. The number of rotatable bonds is 1. The SMILES string of the molecule is Nc1noc2ccc(C=O)cc12. The summed E-state index contributed by atoms with van der Waals surface area (Å²) in [6.07, 6.45) is 0.756. The van der Waals surface area contributed by atoms with Gasteiger partial charge in [-0.25, -0.2) is 0 Å². The summed E-state index contributed by atoms with van der Waals surface area (Å²) in [5, 5.41) is 4.24. The number of nitrogen functional groups attached to an aromatic ring is 1. The molecule has 0 saturated carbocycles. The van der Waals surface area contributed by atoms with Crippen LogP contribution in [0, 0.1) is 0 Å². The van der Waals surface area contributed by atoms with Crippen LogP contribution in [-0.2, 0) is 0 Å². The molecular formula is C8H6N2O2. The van der Waals surface area contributed by atoms with Crippen LogP contribution in [0.1, 0.15) is 10.4 Å². The lowest BCUT2D eigenvalue weighted by Crippen LogP contribution is -1.84. The van der Waals surface area contributed by atoms with Crippen LogP contribution in [0.15, 0.2) is 22.7 Å². The number of aromatic nitrogens is 1. The minimum atomic E-state index is 0.314. The average Bonchev–Trinajstić information content (AvgIpc) is 2.47. The Morgan fingerprint density at radius 3 is 3.08 bits per heavy atom. The highest BCUT2D eigenvalue weighted by Crippen LogP contribution is 2.20. The van der Waals surface area contributed by atoms with Gasteiger partial charge in [0.1, 0.15) is 6.29 Å². The van der Waals surface area contributed by atoms with Crippen LogP contribution in [0.5, 0.6) is 0 Å². The first-order valence-electron chi connectivity index (χ1n) is 3.41. The summed E-state index contributed by atoms with van der Waals surface area (Å²) in [7, 11) is 0. The lowest BCUT2D eigenvalue weighted by atomic mass is 10.2. The third-order valence-corrected chi connectivity index (χ3v) is 1.66. The maximum Gasteiger partial charge on any atom is 0.174 e. The Labute approximate surface area is 67.9 Å². The fourth-order valence-corrected chi connectivity index (χ4v) is 1.05. The number of fused-ring (bicyclic) bond motifs is 1. The molecule has 0 bridgehead atoms. The fourth-order valence-electron chi connectivity index (χ4n) is 1.05. The number of anilines is 1. The zero-order valence-corrected chi connectivity index (χ0v) is 6.15. The number of benzene rings is 1. The van der Waals surface area contributed by atoms with Crippen molar-refractivity contribution in [3.8, 4) is 0 Å². The van der Waals surface area contributed by atoms with Gasteiger partial charge in [-0.2, -0.15) is 0 Å². The van der Waals surface area contributed by atoms with Gasteiger partial charge in [-0.1, -0.05) is 5.16 Å². The van der Waals surface area contributed by atoms with E-state index in [9.17, 15) is 4.79 Å². The van der Waals surface area contributed by atoms with Gasteiger partial charge in [-0.3, -0.25) is 4.79 Å². The minimum absolute atomic E-state index is 0.314. The Morgan fingerprint density at radius 1 is 1.50 bits per heavy atom. The molecule has 1 aromatic heterocycles. The Balaban J connectivity index is 2.79. The number of nitrogens with two attached hydrogens (primary N) is 1. The van der Waals surface area contributed by atoms with Crippen LogP contribution in [0.2, 0.25) is 0 Å². The predicted molar refractivity (Wildman–Crippen MR) is 43.8 cm³/mol. The maximum atomic E-state index is 10.4. The van der Waals surface area contributed by atoms with Crippen molar-refractivity contribution in [1.82, 2.24) is 5.16 Å². The topological polar surface area (TPSA) is 69.1 Å². The summed E-state index contributed by atoms with van der Waals surface area (Å²) in [5.41, 5.74) is 6.64. The molecule has 12 heavy (non-hydrogen) atoms. The van der Waals surface area contributed by atoms with Crippen molar-refractivity contribution in [3.05, 3.63) is 23.8 Å². The molecule has 0 saturated heterocycles. The fraction of sp³-hybridized carbons (Fsp3) is 0. The molecule has 2 aromatic rings. The molecule has 2 rings (SSSR count). The van der Waals surface area contributed by atoms with Gasteiger partial charge in [-0.15, -0.1) is 0 Å². The van der Waals surface area contributed by atoms with Crippen molar-refractivity contribution in [2.24, 2.45) is 0 Å². The number of aldehydes is 1. The molecule has 4 heteroatoms. The first kappa shape index (κ1) is 6.84. The molecule has 0 atom stereocenters. The van der Waals surface area contributed by atoms with Crippen molar-refractivity contribution in [2.75, 3.05) is 5.73 Å². The van der Waals surface area contributed by atoms with E-state index in [1.54, 1.807) is 18.2 Å². The van der Waals surface area contributed by atoms with Crippen LogP contribution in [0.25, 0.3) is 11.0 Å². The van der Waals surface area contributed by atoms with E-state index in [-0.39, 0.29) is 0 Å². The van der Waals surface area contributed by atoms with E-state index in [4.69, 9.17) is 10.3 Å². The van der Waals surface area contributed by atoms with E-state index in [0.717, 1.165) is 6.29 Å². The zero-order chi connectivity index (χ0) is 8.55. The highest BCUT2D eigenvalue weighted by Gasteiger charge is 2.04.